The van der Waals surface area contributed by atoms with Crippen molar-refractivity contribution < 1.29 is 13.9 Å². The minimum atomic E-state index is -0.145. The second kappa shape index (κ2) is 6.57. The van der Waals surface area contributed by atoms with Crippen molar-refractivity contribution in [3.8, 4) is 5.75 Å². The number of rotatable bonds is 5. The number of hydrogen-bond acceptors (Lipinski definition) is 3. The molecule has 0 radical (unpaired) electrons. The van der Waals surface area contributed by atoms with E-state index in [1.165, 1.54) is 5.56 Å². The molecule has 1 heterocycles. The van der Waals surface area contributed by atoms with E-state index in [1.807, 2.05) is 55.5 Å². The Morgan fingerprint density at radius 1 is 1.13 bits per heavy atom. The normalized spacial score (nSPS) is 10.7. The fraction of sp³-hybridized carbons (Fsp3) is 0.211. The monoisotopic (exact) mass is 309 g/mol. The molecule has 23 heavy (non-hydrogen) atoms. The van der Waals surface area contributed by atoms with Crippen molar-refractivity contribution in [2.45, 2.75) is 6.92 Å². The number of nitrogens with zero attached hydrogens (tertiary/aromatic N) is 1. The zero-order valence-corrected chi connectivity index (χ0v) is 13.3. The molecule has 0 unspecified atom stereocenters. The van der Waals surface area contributed by atoms with E-state index in [-0.39, 0.29) is 5.91 Å². The molecule has 0 bridgehead atoms. The zero-order valence-electron chi connectivity index (χ0n) is 13.3. The molecular weight excluding hydrogens is 290 g/mol. The van der Waals surface area contributed by atoms with E-state index in [2.05, 4.69) is 0 Å². The maximum absolute atomic E-state index is 12.4. The van der Waals surface area contributed by atoms with Crippen LogP contribution in [0.4, 0.5) is 0 Å². The number of furan rings is 1. The number of hydrogen-bond donors (Lipinski definition) is 0. The number of ether oxygens (including phenoxy) is 1. The topological polar surface area (TPSA) is 42.7 Å². The van der Waals surface area contributed by atoms with E-state index in [0.717, 1.165) is 16.7 Å². The molecule has 1 amide bonds. The average Bonchev–Trinajstić information content (AvgIpc) is 3.00. The van der Waals surface area contributed by atoms with Crippen LogP contribution in [0.1, 0.15) is 16.1 Å². The Kier molecular flexibility index (Phi) is 4.33. The van der Waals surface area contributed by atoms with Gasteiger partial charge < -0.3 is 14.1 Å². The first-order chi connectivity index (χ1) is 11.1. The third-order valence-electron chi connectivity index (χ3n) is 3.70. The van der Waals surface area contributed by atoms with Crippen molar-refractivity contribution in [2.24, 2.45) is 0 Å². The first-order valence-corrected chi connectivity index (χ1v) is 7.57. The highest BCUT2D eigenvalue weighted by Crippen LogP contribution is 2.19. The summed E-state index contributed by atoms with van der Waals surface area (Å²) in [4.78, 5) is 14.0. The molecule has 0 aliphatic heterocycles. The lowest BCUT2D eigenvalue weighted by molar-refractivity contribution is 0.0745. The van der Waals surface area contributed by atoms with Gasteiger partial charge in [-0.15, -0.1) is 0 Å². The van der Waals surface area contributed by atoms with Gasteiger partial charge in [0.15, 0.2) is 5.76 Å². The number of carbonyl (C=O) groups excluding carboxylic acids is 1. The summed E-state index contributed by atoms with van der Waals surface area (Å²) < 4.78 is 11.2. The number of amides is 1. The number of para-hydroxylation sites is 1. The van der Waals surface area contributed by atoms with Crippen molar-refractivity contribution >= 4 is 16.9 Å². The van der Waals surface area contributed by atoms with E-state index in [4.69, 9.17) is 9.15 Å². The second-order valence-corrected chi connectivity index (χ2v) is 5.54. The molecule has 1 aromatic heterocycles. The molecular formula is C19H19NO3. The van der Waals surface area contributed by atoms with Crippen LogP contribution in [0.25, 0.3) is 11.0 Å². The summed E-state index contributed by atoms with van der Waals surface area (Å²) in [5, 5.41) is 0.931. The van der Waals surface area contributed by atoms with Gasteiger partial charge in [0.1, 0.15) is 17.9 Å². The lowest BCUT2D eigenvalue weighted by Gasteiger charge is -2.16. The van der Waals surface area contributed by atoms with Crippen LogP contribution in [0.2, 0.25) is 0 Å². The molecule has 0 aliphatic rings. The SMILES string of the molecule is Cc1ccc(OCCN(C)C(=O)c2cc3ccccc3o2)cc1. The van der Waals surface area contributed by atoms with Gasteiger partial charge in [-0.1, -0.05) is 35.9 Å². The van der Waals surface area contributed by atoms with Gasteiger partial charge in [-0.05, 0) is 31.2 Å². The number of fused-ring (bicyclic) bond motifs is 1. The second-order valence-electron chi connectivity index (χ2n) is 5.54. The van der Waals surface area contributed by atoms with Crippen LogP contribution in [0, 0.1) is 6.92 Å². The number of likely N-dealkylation sites (N-methyl/N-ethyl adjacent to an activating group) is 1. The molecule has 0 atom stereocenters. The Hall–Kier alpha value is -2.75. The summed E-state index contributed by atoms with van der Waals surface area (Å²) in [5.41, 5.74) is 1.91. The summed E-state index contributed by atoms with van der Waals surface area (Å²) in [6.07, 6.45) is 0. The first kappa shape index (κ1) is 15.2. The molecule has 4 heteroatoms. The number of benzene rings is 2. The summed E-state index contributed by atoms with van der Waals surface area (Å²) in [7, 11) is 1.74. The zero-order chi connectivity index (χ0) is 16.2. The van der Waals surface area contributed by atoms with Crippen molar-refractivity contribution in [3.63, 3.8) is 0 Å². The van der Waals surface area contributed by atoms with Crippen molar-refractivity contribution in [2.75, 3.05) is 20.2 Å². The lowest BCUT2D eigenvalue weighted by atomic mass is 10.2. The molecule has 118 valence electrons. The first-order valence-electron chi connectivity index (χ1n) is 7.57. The Morgan fingerprint density at radius 3 is 2.61 bits per heavy atom. The highest BCUT2D eigenvalue weighted by Gasteiger charge is 2.16. The predicted molar refractivity (Wildman–Crippen MR) is 89.8 cm³/mol. The fourth-order valence-corrected chi connectivity index (χ4v) is 2.31. The molecule has 3 aromatic rings. The van der Waals surface area contributed by atoms with E-state index in [9.17, 15) is 4.79 Å². The van der Waals surface area contributed by atoms with E-state index in [0.29, 0.717) is 18.9 Å². The highest BCUT2D eigenvalue weighted by atomic mass is 16.5. The van der Waals surface area contributed by atoms with Crippen LogP contribution < -0.4 is 4.74 Å². The van der Waals surface area contributed by atoms with Crippen LogP contribution in [0.3, 0.4) is 0 Å². The molecule has 0 saturated carbocycles. The van der Waals surface area contributed by atoms with Crippen molar-refractivity contribution in [3.05, 3.63) is 65.9 Å². The van der Waals surface area contributed by atoms with Gasteiger partial charge in [-0.2, -0.15) is 0 Å². The molecule has 0 saturated heterocycles. The molecule has 2 aromatic carbocycles. The average molecular weight is 309 g/mol. The van der Waals surface area contributed by atoms with Gasteiger partial charge in [0.05, 0.1) is 6.54 Å². The predicted octanol–water partition coefficient (Wildman–Crippen LogP) is 3.89. The summed E-state index contributed by atoms with van der Waals surface area (Å²) >= 11 is 0. The molecule has 4 nitrogen and oxygen atoms in total. The standard InChI is InChI=1S/C19H19NO3/c1-14-7-9-16(10-8-14)22-12-11-20(2)19(21)18-13-15-5-3-4-6-17(15)23-18/h3-10,13H,11-12H2,1-2H3. The largest absolute Gasteiger partial charge is 0.492 e. The van der Waals surface area contributed by atoms with Gasteiger partial charge in [0.2, 0.25) is 0 Å². The molecule has 3 rings (SSSR count). The Morgan fingerprint density at radius 2 is 1.87 bits per heavy atom. The minimum Gasteiger partial charge on any atom is -0.492 e. The maximum Gasteiger partial charge on any atom is 0.289 e. The van der Waals surface area contributed by atoms with Crippen LogP contribution in [-0.4, -0.2) is 31.0 Å². The molecule has 0 fully saturated rings. The van der Waals surface area contributed by atoms with Crippen LogP contribution >= 0.6 is 0 Å². The summed E-state index contributed by atoms with van der Waals surface area (Å²) in [5.74, 6) is 1.01. The number of aryl methyl sites for hydroxylation is 1. The Balaban J connectivity index is 1.57. The third-order valence-corrected chi connectivity index (χ3v) is 3.70. The molecule has 0 N–H and O–H groups in total. The minimum absolute atomic E-state index is 0.145. The van der Waals surface area contributed by atoms with E-state index in [1.54, 1.807) is 18.0 Å². The van der Waals surface area contributed by atoms with Gasteiger partial charge in [-0.25, -0.2) is 0 Å². The fourth-order valence-electron chi connectivity index (χ4n) is 2.31. The molecule has 0 aliphatic carbocycles. The summed E-state index contributed by atoms with van der Waals surface area (Å²) in [6.45, 7) is 2.96. The maximum atomic E-state index is 12.4. The van der Waals surface area contributed by atoms with Gasteiger partial charge in [-0.3, -0.25) is 4.79 Å². The number of carbonyl (C=O) groups is 1. The van der Waals surface area contributed by atoms with Gasteiger partial charge >= 0.3 is 0 Å². The molecule has 0 spiro atoms. The van der Waals surface area contributed by atoms with E-state index < -0.39 is 0 Å². The van der Waals surface area contributed by atoms with Crippen molar-refractivity contribution in [1.82, 2.24) is 4.90 Å². The van der Waals surface area contributed by atoms with Crippen LogP contribution in [-0.2, 0) is 0 Å². The van der Waals surface area contributed by atoms with E-state index >= 15 is 0 Å². The van der Waals surface area contributed by atoms with Gasteiger partial charge in [0.25, 0.3) is 5.91 Å². The summed E-state index contributed by atoms with van der Waals surface area (Å²) in [6, 6.07) is 17.2. The third kappa shape index (κ3) is 3.54. The van der Waals surface area contributed by atoms with Crippen LogP contribution in [0.5, 0.6) is 5.75 Å². The smallest absolute Gasteiger partial charge is 0.289 e. The van der Waals surface area contributed by atoms with Gasteiger partial charge in [0, 0.05) is 12.4 Å². The highest BCUT2D eigenvalue weighted by molar-refractivity contribution is 5.95. The Labute approximate surface area is 135 Å². The quantitative estimate of drug-likeness (QED) is 0.718. The van der Waals surface area contributed by atoms with Crippen molar-refractivity contribution in [1.29, 1.82) is 0 Å². The lowest BCUT2D eigenvalue weighted by Crippen LogP contribution is -2.30. The Bertz CT molecular complexity index is 772. The van der Waals surface area contributed by atoms with Crippen LogP contribution in [0.15, 0.2) is 59.0 Å².